The van der Waals surface area contributed by atoms with E-state index in [0.29, 0.717) is 11.5 Å². The SMILES string of the molecule is CN(CC(=O)c1c(O)oc(-c2ccccc2)[n+]1C)C(=O)c1ccccc1. The monoisotopic (exact) mass is 351 g/mol. The van der Waals surface area contributed by atoms with Gasteiger partial charge in [0.25, 0.3) is 11.7 Å². The van der Waals surface area contributed by atoms with Crippen LogP contribution in [0.4, 0.5) is 0 Å². The second-order valence-electron chi connectivity index (χ2n) is 5.94. The number of aromatic nitrogens is 1. The predicted octanol–water partition coefficient (Wildman–Crippen LogP) is 2.43. The lowest BCUT2D eigenvalue weighted by Gasteiger charge is -2.15. The van der Waals surface area contributed by atoms with Gasteiger partial charge in [0, 0.05) is 12.6 Å². The Kier molecular flexibility index (Phi) is 4.84. The van der Waals surface area contributed by atoms with Gasteiger partial charge < -0.3 is 14.4 Å². The summed E-state index contributed by atoms with van der Waals surface area (Å²) in [7, 11) is 3.18. The highest BCUT2D eigenvalue weighted by molar-refractivity contribution is 6.01. The van der Waals surface area contributed by atoms with E-state index in [1.165, 1.54) is 9.47 Å². The van der Waals surface area contributed by atoms with Crippen molar-refractivity contribution in [1.82, 2.24) is 4.90 Å². The summed E-state index contributed by atoms with van der Waals surface area (Å²) in [6.45, 7) is -0.178. The van der Waals surface area contributed by atoms with Crippen LogP contribution in [0.2, 0.25) is 0 Å². The van der Waals surface area contributed by atoms with Gasteiger partial charge in [-0.05, 0) is 24.3 Å². The topological polar surface area (TPSA) is 74.6 Å². The molecule has 0 spiro atoms. The number of carbonyl (C=O) groups is 2. The molecule has 1 amide bonds. The molecule has 3 aromatic rings. The zero-order chi connectivity index (χ0) is 18.7. The molecule has 0 fully saturated rings. The summed E-state index contributed by atoms with van der Waals surface area (Å²) >= 11 is 0. The third-order valence-electron chi connectivity index (χ3n) is 4.07. The Morgan fingerprint density at radius 3 is 2.23 bits per heavy atom. The first kappa shape index (κ1) is 17.4. The Balaban J connectivity index is 1.82. The third-order valence-corrected chi connectivity index (χ3v) is 4.07. The average Bonchev–Trinajstić information content (AvgIpc) is 2.96. The molecule has 1 N–H and O–H groups in total. The molecule has 0 atom stereocenters. The summed E-state index contributed by atoms with van der Waals surface area (Å²) in [6, 6.07) is 17.9. The molecule has 6 heteroatoms. The highest BCUT2D eigenvalue weighted by Crippen LogP contribution is 2.24. The molecule has 1 aromatic heterocycles. The first-order valence-electron chi connectivity index (χ1n) is 8.10. The zero-order valence-electron chi connectivity index (χ0n) is 14.5. The van der Waals surface area contributed by atoms with E-state index in [-0.39, 0.29) is 18.1 Å². The predicted molar refractivity (Wildman–Crippen MR) is 94.7 cm³/mol. The lowest BCUT2D eigenvalue weighted by Crippen LogP contribution is -2.40. The van der Waals surface area contributed by atoms with Gasteiger partial charge in [-0.15, -0.1) is 0 Å². The van der Waals surface area contributed by atoms with Crippen molar-refractivity contribution in [2.45, 2.75) is 0 Å². The number of rotatable bonds is 5. The van der Waals surface area contributed by atoms with Crippen LogP contribution in [0.5, 0.6) is 5.95 Å². The number of likely N-dealkylation sites (N-methyl/N-ethyl adjacent to an activating group) is 1. The number of aromatic hydroxyl groups is 1. The molecule has 0 aliphatic heterocycles. The average molecular weight is 351 g/mol. The minimum Gasteiger partial charge on any atom is -0.476 e. The van der Waals surface area contributed by atoms with E-state index >= 15 is 0 Å². The van der Waals surface area contributed by atoms with Gasteiger partial charge in [0.05, 0.1) is 12.1 Å². The van der Waals surface area contributed by atoms with E-state index in [1.807, 2.05) is 36.4 Å². The lowest BCUT2D eigenvalue weighted by atomic mass is 10.2. The van der Waals surface area contributed by atoms with Gasteiger partial charge in [0.1, 0.15) is 7.05 Å². The highest BCUT2D eigenvalue weighted by Gasteiger charge is 2.33. The zero-order valence-corrected chi connectivity index (χ0v) is 14.5. The van der Waals surface area contributed by atoms with Crippen molar-refractivity contribution in [2.75, 3.05) is 13.6 Å². The summed E-state index contributed by atoms with van der Waals surface area (Å²) in [4.78, 5) is 26.3. The fourth-order valence-electron chi connectivity index (χ4n) is 2.76. The molecule has 0 unspecified atom stereocenters. The summed E-state index contributed by atoms with van der Waals surface area (Å²) in [5.74, 6) is -0.781. The molecule has 0 aliphatic rings. The van der Waals surface area contributed by atoms with Crippen LogP contribution in [0.3, 0.4) is 0 Å². The minimum absolute atomic E-state index is 0.0246. The standard InChI is InChI=1S/C20H18N2O4/c1-21(18(24)14-9-5-3-6-10-14)13-16(23)17-20(25)26-19(22(17)2)15-11-7-4-8-12-15/h3-12H,13H2,1-2H3/p+1. The van der Waals surface area contributed by atoms with Crippen molar-refractivity contribution >= 4 is 11.7 Å². The number of oxazole rings is 1. The van der Waals surface area contributed by atoms with Crippen LogP contribution in [0, 0.1) is 0 Å². The molecule has 0 saturated heterocycles. The molecule has 0 saturated carbocycles. The van der Waals surface area contributed by atoms with Crippen molar-refractivity contribution in [3.05, 3.63) is 71.9 Å². The van der Waals surface area contributed by atoms with Crippen LogP contribution >= 0.6 is 0 Å². The fraction of sp³-hybridized carbons (Fsp3) is 0.150. The molecule has 132 valence electrons. The van der Waals surface area contributed by atoms with Crippen LogP contribution in [0.1, 0.15) is 20.8 Å². The number of benzene rings is 2. The summed E-state index contributed by atoms with van der Waals surface area (Å²) < 4.78 is 6.87. The van der Waals surface area contributed by atoms with Crippen LogP contribution in [0.25, 0.3) is 11.5 Å². The minimum atomic E-state index is -0.461. The molecule has 1 heterocycles. The van der Waals surface area contributed by atoms with Crippen molar-refractivity contribution < 1.29 is 23.7 Å². The number of hydrogen-bond donors (Lipinski definition) is 1. The van der Waals surface area contributed by atoms with E-state index in [2.05, 4.69) is 0 Å². The molecule has 0 aliphatic carbocycles. The maximum atomic E-state index is 12.6. The van der Waals surface area contributed by atoms with Crippen LogP contribution < -0.4 is 4.57 Å². The largest absolute Gasteiger partial charge is 0.476 e. The summed E-state index contributed by atoms with van der Waals surface area (Å²) in [5.41, 5.74) is 1.25. The molecule has 2 aromatic carbocycles. The van der Waals surface area contributed by atoms with Crippen LogP contribution in [-0.4, -0.2) is 35.3 Å². The normalized spacial score (nSPS) is 10.5. The molecule has 6 nitrogen and oxygen atoms in total. The Hall–Kier alpha value is -3.41. The van der Waals surface area contributed by atoms with Crippen molar-refractivity contribution in [2.24, 2.45) is 7.05 Å². The Labute approximate surface area is 150 Å². The van der Waals surface area contributed by atoms with Gasteiger partial charge >= 0.3 is 17.5 Å². The third kappa shape index (κ3) is 3.35. The number of amides is 1. The first-order chi connectivity index (χ1) is 12.5. The Morgan fingerprint density at radius 2 is 1.62 bits per heavy atom. The lowest BCUT2D eigenvalue weighted by molar-refractivity contribution is -0.664. The van der Waals surface area contributed by atoms with E-state index < -0.39 is 11.7 Å². The van der Waals surface area contributed by atoms with Gasteiger partial charge in [-0.2, -0.15) is 4.57 Å². The number of Topliss-reactive ketones (excluding diaryl/α,β-unsaturated/α-hetero) is 1. The van der Waals surface area contributed by atoms with Crippen molar-refractivity contribution in [3.8, 4) is 17.4 Å². The molecular weight excluding hydrogens is 332 g/mol. The second-order valence-corrected chi connectivity index (χ2v) is 5.94. The maximum absolute atomic E-state index is 12.6. The number of ketones is 1. The summed E-state index contributed by atoms with van der Waals surface area (Å²) in [5, 5.41) is 10.1. The van der Waals surface area contributed by atoms with Crippen molar-refractivity contribution in [1.29, 1.82) is 0 Å². The van der Waals surface area contributed by atoms with Gasteiger partial charge in [-0.25, -0.2) is 0 Å². The second kappa shape index (κ2) is 7.23. The molecule has 26 heavy (non-hydrogen) atoms. The van der Waals surface area contributed by atoms with Crippen LogP contribution in [0.15, 0.2) is 65.1 Å². The van der Waals surface area contributed by atoms with Crippen LogP contribution in [-0.2, 0) is 7.05 Å². The Bertz CT molecular complexity index is 933. The van der Waals surface area contributed by atoms with Gasteiger partial charge in [-0.1, -0.05) is 36.4 Å². The van der Waals surface area contributed by atoms with E-state index in [4.69, 9.17) is 4.42 Å². The number of nitrogens with zero attached hydrogens (tertiary/aromatic N) is 2. The van der Waals surface area contributed by atoms with E-state index in [1.54, 1.807) is 38.4 Å². The van der Waals surface area contributed by atoms with Gasteiger partial charge in [0.2, 0.25) is 0 Å². The quantitative estimate of drug-likeness (QED) is 0.566. The first-order valence-corrected chi connectivity index (χ1v) is 8.10. The van der Waals surface area contributed by atoms with Gasteiger partial charge in [0.15, 0.2) is 0 Å². The van der Waals surface area contributed by atoms with E-state index in [9.17, 15) is 14.7 Å². The van der Waals surface area contributed by atoms with E-state index in [0.717, 1.165) is 5.56 Å². The van der Waals surface area contributed by atoms with Gasteiger partial charge in [-0.3, -0.25) is 9.59 Å². The molecule has 3 rings (SSSR count). The summed E-state index contributed by atoms with van der Waals surface area (Å²) in [6.07, 6.45) is 0. The number of carbonyl (C=O) groups excluding carboxylic acids is 2. The highest BCUT2D eigenvalue weighted by atomic mass is 16.5. The maximum Gasteiger partial charge on any atom is 0.383 e. The van der Waals surface area contributed by atoms with Crippen molar-refractivity contribution in [3.63, 3.8) is 0 Å². The molecule has 0 radical (unpaired) electrons. The smallest absolute Gasteiger partial charge is 0.383 e. The molecular formula is C20H19N2O4+. The molecule has 0 bridgehead atoms. The fourth-order valence-corrected chi connectivity index (χ4v) is 2.76. The Morgan fingerprint density at radius 1 is 1.04 bits per heavy atom. The number of hydrogen-bond acceptors (Lipinski definition) is 4.